The van der Waals surface area contributed by atoms with E-state index in [-0.39, 0.29) is 11.8 Å². The van der Waals surface area contributed by atoms with Crippen molar-refractivity contribution < 1.29 is 8.42 Å². The van der Waals surface area contributed by atoms with Crippen LogP contribution in [0.15, 0.2) is 31.0 Å². The van der Waals surface area contributed by atoms with Gasteiger partial charge in [-0.25, -0.2) is 29.3 Å². The zero-order valence-electron chi connectivity index (χ0n) is 15.8. The highest BCUT2D eigenvalue weighted by atomic mass is 32.2. The van der Waals surface area contributed by atoms with Crippen molar-refractivity contribution in [3.05, 3.63) is 42.4 Å². The number of aromatic nitrogens is 5. The molecule has 2 fully saturated rings. The first kappa shape index (κ1) is 18.3. The lowest BCUT2D eigenvalue weighted by molar-refractivity contribution is 0.160. The Hall–Kier alpha value is -2.77. The number of hydrogen-bond donors (Lipinski definition) is 1. The quantitative estimate of drug-likeness (QED) is 0.648. The van der Waals surface area contributed by atoms with Crippen molar-refractivity contribution in [1.29, 1.82) is 0 Å². The van der Waals surface area contributed by atoms with E-state index in [2.05, 4.69) is 24.9 Å². The second kappa shape index (κ2) is 6.64. The summed E-state index contributed by atoms with van der Waals surface area (Å²) in [7, 11) is -3.19. The molecule has 0 bridgehead atoms. The third-order valence-electron chi connectivity index (χ3n) is 6.03. The van der Waals surface area contributed by atoms with Gasteiger partial charge in [-0.1, -0.05) is 0 Å². The minimum Gasteiger partial charge on any atom is -0.346 e. The van der Waals surface area contributed by atoms with Gasteiger partial charge in [-0.15, -0.1) is 0 Å². The highest BCUT2D eigenvalue weighted by Gasteiger charge is 2.46. The van der Waals surface area contributed by atoms with Crippen molar-refractivity contribution in [2.75, 3.05) is 19.6 Å². The molecule has 1 aliphatic heterocycles. The molecule has 1 saturated heterocycles. The Labute approximate surface area is 168 Å². The highest BCUT2D eigenvalue weighted by Crippen LogP contribution is 2.37. The summed E-state index contributed by atoms with van der Waals surface area (Å²) in [4.78, 5) is 15.4. The van der Waals surface area contributed by atoms with Gasteiger partial charge in [0.05, 0.1) is 17.1 Å². The molecule has 5 rings (SSSR count). The standard InChI is InChI=1S/C19H21N7O2S/c1-20-12-19(5-8-25(9-6-19)29(27,28)15-2-3-15)26-11-14(10-24-26)17-16-4-7-21-18(16)23-13-22-17/h4,7,10-11,13,15H,2-3,5-6,8-9,12H2,(H,21,22,23). The van der Waals surface area contributed by atoms with E-state index in [1.807, 2.05) is 23.1 Å². The highest BCUT2D eigenvalue weighted by molar-refractivity contribution is 7.90. The molecule has 9 nitrogen and oxygen atoms in total. The molecule has 4 heterocycles. The van der Waals surface area contributed by atoms with Crippen molar-refractivity contribution in [3.8, 4) is 11.3 Å². The van der Waals surface area contributed by atoms with Gasteiger partial charge in [-0.3, -0.25) is 4.68 Å². The molecule has 1 saturated carbocycles. The molecule has 1 N–H and O–H groups in total. The van der Waals surface area contributed by atoms with Crippen molar-refractivity contribution in [2.24, 2.45) is 0 Å². The van der Waals surface area contributed by atoms with Crippen LogP contribution in [-0.2, 0) is 15.6 Å². The van der Waals surface area contributed by atoms with E-state index >= 15 is 0 Å². The molecule has 0 spiro atoms. The van der Waals surface area contributed by atoms with E-state index in [0.29, 0.717) is 25.9 Å². The Balaban J connectivity index is 1.44. The van der Waals surface area contributed by atoms with Crippen LogP contribution in [0.25, 0.3) is 27.1 Å². The fourth-order valence-electron chi connectivity index (χ4n) is 4.15. The first-order valence-electron chi connectivity index (χ1n) is 9.69. The number of sulfonamides is 1. The van der Waals surface area contributed by atoms with E-state index in [1.54, 1.807) is 10.5 Å². The first-order chi connectivity index (χ1) is 14.0. The monoisotopic (exact) mass is 411 g/mol. The number of nitrogens with zero attached hydrogens (tertiary/aromatic N) is 6. The van der Waals surface area contributed by atoms with Gasteiger partial charge in [0.25, 0.3) is 0 Å². The molecule has 0 radical (unpaired) electrons. The Kier molecular flexibility index (Phi) is 4.18. The van der Waals surface area contributed by atoms with Gasteiger partial charge in [-0.2, -0.15) is 5.10 Å². The third-order valence-corrected chi connectivity index (χ3v) is 8.43. The van der Waals surface area contributed by atoms with Crippen LogP contribution in [0.2, 0.25) is 0 Å². The number of rotatable bonds is 5. The number of piperidine rings is 1. The van der Waals surface area contributed by atoms with Crippen LogP contribution in [-0.4, -0.2) is 62.3 Å². The Morgan fingerprint density at radius 2 is 2.07 bits per heavy atom. The molecule has 29 heavy (non-hydrogen) atoms. The summed E-state index contributed by atoms with van der Waals surface area (Å²) < 4.78 is 28.6. The van der Waals surface area contributed by atoms with E-state index < -0.39 is 15.6 Å². The molecule has 3 aromatic heterocycles. The summed E-state index contributed by atoms with van der Waals surface area (Å²) in [6.07, 6.45) is 9.70. The van der Waals surface area contributed by atoms with Gasteiger partial charge >= 0.3 is 0 Å². The number of hydrogen-bond acceptors (Lipinski definition) is 5. The topological polar surface area (TPSA) is 101 Å². The van der Waals surface area contributed by atoms with Crippen molar-refractivity contribution in [3.63, 3.8) is 0 Å². The summed E-state index contributed by atoms with van der Waals surface area (Å²) in [6, 6.07) is 1.93. The summed E-state index contributed by atoms with van der Waals surface area (Å²) in [5.41, 5.74) is 1.90. The molecule has 10 heteroatoms. The van der Waals surface area contributed by atoms with E-state index in [1.165, 1.54) is 6.33 Å². The summed E-state index contributed by atoms with van der Waals surface area (Å²) >= 11 is 0. The van der Waals surface area contributed by atoms with Crippen molar-refractivity contribution in [2.45, 2.75) is 36.5 Å². The number of H-pyrrole nitrogens is 1. The predicted molar refractivity (Wildman–Crippen MR) is 107 cm³/mol. The van der Waals surface area contributed by atoms with Crippen molar-refractivity contribution >= 4 is 21.1 Å². The van der Waals surface area contributed by atoms with Crippen LogP contribution in [0.5, 0.6) is 0 Å². The fraction of sp³-hybridized carbons (Fsp3) is 0.474. The van der Waals surface area contributed by atoms with Crippen LogP contribution in [0, 0.1) is 6.57 Å². The number of nitrogens with one attached hydrogen (secondary N) is 1. The van der Waals surface area contributed by atoms with E-state index in [0.717, 1.165) is 35.1 Å². The van der Waals surface area contributed by atoms with Gasteiger partial charge in [0, 0.05) is 36.4 Å². The Morgan fingerprint density at radius 3 is 2.79 bits per heavy atom. The molecule has 0 atom stereocenters. The first-order valence-corrected chi connectivity index (χ1v) is 11.2. The molecule has 0 aromatic carbocycles. The Bertz CT molecular complexity index is 1190. The second-order valence-electron chi connectivity index (χ2n) is 7.82. The molecule has 150 valence electrons. The minimum atomic E-state index is -3.19. The van der Waals surface area contributed by atoms with Crippen LogP contribution in [0.3, 0.4) is 0 Å². The van der Waals surface area contributed by atoms with Gasteiger partial charge in [0.2, 0.25) is 16.6 Å². The zero-order chi connectivity index (χ0) is 20.1. The van der Waals surface area contributed by atoms with Crippen LogP contribution in [0.1, 0.15) is 25.7 Å². The lowest BCUT2D eigenvalue weighted by atomic mass is 9.88. The summed E-state index contributed by atoms with van der Waals surface area (Å²) in [5.74, 6) is 0. The lowest BCUT2D eigenvalue weighted by Gasteiger charge is -2.38. The van der Waals surface area contributed by atoms with E-state index in [4.69, 9.17) is 6.57 Å². The average Bonchev–Trinajstić information content (AvgIpc) is 3.28. The predicted octanol–water partition coefficient (Wildman–Crippen LogP) is 2.02. The largest absolute Gasteiger partial charge is 0.346 e. The Morgan fingerprint density at radius 1 is 1.28 bits per heavy atom. The lowest BCUT2D eigenvalue weighted by Crippen LogP contribution is -2.50. The minimum absolute atomic E-state index is 0.200. The molecule has 2 aliphatic rings. The molecular formula is C19H21N7O2S. The molecule has 1 aliphatic carbocycles. The van der Waals surface area contributed by atoms with Gasteiger partial charge in [0.1, 0.15) is 17.5 Å². The maximum atomic E-state index is 12.6. The molecule has 3 aromatic rings. The summed E-state index contributed by atoms with van der Waals surface area (Å²) in [6.45, 7) is 8.58. The number of aromatic amines is 1. The van der Waals surface area contributed by atoms with Gasteiger partial charge < -0.3 is 9.83 Å². The third kappa shape index (κ3) is 3.01. The smallest absolute Gasteiger partial charge is 0.239 e. The maximum Gasteiger partial charge on any atom is 0.239 e. The van der Waals surface area contributed by atoms with Crippen LogP contribution >= 0.6 is 0 Å². The van der Waals surface area contributed by atoms with Gasteiger partial charge in [0.15, 0.2) is 0 Å². The number of fused-ring (bicyclic) bond motifs is 1. The average molecular weight is 411 g/mol. The molecule has 0 unspecified atom stereocenters. The summed E-state index contributed by atoms with van der Waals surface area (Å²) in [5, 5.41) is 5.28. The zero-order valence-corrected chi connectivity index (χ0v) is 16.6. The van der Waals surface area contributed by atoms with Crippen molar-refractivity contribution in [1.82, 2.24) is 29.0 Å². The van der Waals surface area contributed by atoms with Gasteiger partial charge in [-0.05, 0) is 31.7 Å². The molecular weight excluding hydrogens is 390 g/mol. The maximum absolute atomic E-state index is 12.6. The normalized spacial score (nSPS) is 20.0. The van der Waals surface area contributed by atoms with Crippen LogP contribution < -0.4 is 0 Å². The van der Waals surface area contributed by atoms with E-state index in [9.17, 15) is 8.42 Å². The SMILES string of the molecule is [C-]#[N+]CC1(n2cc(-c3ncnc4[nH]ccc34)cn2)CCN(S(=O)(=O)C2CC2)CC1. The molecule has 0 amide bonds. The fourth-order valence-corrected chi connectivity index (χ4v) is 5.99. The second-order valence-corrected chi connectivity index (χ2v) is 10.0. The van der Waals surface area contributed by atoms with Crippen LogP contribution in [0.4, 0.5) is 0 Å².